The van der Waals surface area contributed by atoms with Crippen LogP contribution in [0.4, 0.5) is 0 Å². The minimum Gasteiger partial charge on any atom is -0.373 e. The van der Waals surface area contributed by atoms with E-state index in [0.717, 1.165) is 0 Å². The molecule has 2 aliphatic rings. The Hall–Kier alpha value is -0.500. The summed E-state index contributed by atoms with van der Waals surface area (Å²) in [4.78, 5) is 1.96. The Labute approximate surface area is 80.2 Å². The van der Waals surface area contributed by atoms with Gasteiger partial charge in [-0.25, -0.2) is 0 Å². The molecule has 0 unspecified atom stereocenters. The third-order valence-corrected chi connectivity index (χ3v) is 3.81. The molecule has 0 aromatic rings. The number of rotatable bonds is 0. The summed E-state index contributed by atoms with van der Waals surface area (Å²) in [5, 5.41) is 10.0. The van der Waals surface area contributed by atoms with Gasteiger partial charge in [-0.15, -0.1) is 0 Å². The van der Waals surface area contributed by atoms with E-state index in [1.807, 2.05) is 11.9 Å². The van der Waals surface area contributed by atoms with E-state index in [0.29, 0.717) is 17.8 Å². The first-order valence-corrected chi connectivity index (χ1v) is 5.19. The van der Waals surface area contributed by atoms with Crippen molar-refractivity contribution in [3.05, 3.63) is 11.8 Å². The lowest BCUT2D eigenvalue weighted by atomic mass is 9.82. The second-order valence-corrected chi connectivity index (χ2v) is 4.69. The number of aliphatic hydroxyl groups excluding tert-OH is 1. The minimum atomic E-state index is -0.258. The minimum absolute atomic E-state index is 0.258. The fourth-order valence-corrected chi connectivity index (χ4v) is 3.02. The molecule has 74 valence electrons. The lowest BCUT2D eigenvalue weighted by Crippen LogP contribution is -2.42. The molecule has 2 heteroatoms. The Balaban J connectivity index is 2.29. The summed E-state index contributed by atoms with van der Waals surface area (Å²) in [5.74, 6) is 1.78. The predicted molar refractivity (Wildman–Crippen MR) is 52.9 cm³/mol. The second kappa shape index (κ2) is 3.02. The van der Waals surface area contributed by atoms with Crippen LogP contribution < -0.4 is 0 Å². The lowest BCUT2D eigenvalue weighted by Gasteiger charge is -2.38. The average Bonchev–Trinajstić information content (AvgIpc) is 2.44. The number of hydrogen-bond donors (Lipinski definition) is 1. The van der Waals surface area contributed by atoms with E-state index in [4.69, 9.17) is 0 Å². The van der Waals surface area contributed by atoms with Gasteiger partial charge in [0.2, 0.25) is 0 Å². The van der Waals surface area contributed by atoms with Gasteiger partial charge in [-0.1, -0.05) is 12.5 Å². The second-order valence-electron chi connectivity index (χ2n) is 4.69. The maximum Gasteiger partial charge on any atom is 0.129 e. The Morgan fingerprint density at radius 3 is 2.85 bits per heavy atom. The molecule has 1 aliphatic carbocycles. The van der Waals surface area contributed by atoms with E-state index in [2.05, 4.69) is 20.0 Å². The van der Waals surface area contributed by atoms with Gasteiger partial charge in [0.25, 0.3) is 0 Å². The van der Waals surface area contributed by atoms with Gasteiger partial charge in [-0.05, 0) is 31.6 Å². The molecule has 0 aromatic heterocycles. The van der Waals surface area contributed by atoms with Crippen molar-refractivity contribution in [3.63, 3.8) is 0 Å². The van der Waals surface area contributed by atoms with Gasteiger partial charge in [0, 0.05) is 19.2 Å². The van der Waals surface area contributed by atoms with Crippen LogP contribution in [0.2, 0.25) is 0 Å². The quantitative estimate of drug-likeness (QED) is 0.616. The van der Waals surface area contributed by atoms with Crippen LogP contribution in [0.25, 0.3) is 0 Å². The number of aliphatic hydroxyl groups is 1. The van der Waals surface area contributed by atoms with Gasteiger partial charge in [0.1, 0.15) is 6.23 Å². The highest BCUT2D eigenvalue weighted by Gasteiger charge is 2.42. The fraction of sp³-hybridized carbons (Fsp3) is 0.818. The summed E-state index contributed by atoms with van der Waals surface area (Å²) in [6.07, 6.45) is 4.38. The zero-order valence-corrected chi connectivity index (χ0v) is 8.70. The van der Waals surface area contributed by atoms with Gasteiger partial charge in [-0.2, -0.15) is 0 Å². The number of fused-ring (bicyclic) bond motifs is 1. The van der Waals surface area contributed by atoms with Crippen molar-refractivity contribution in [2.24, 2.45) is 17.8 Å². The van der Waals surface area contributed by atoms with Crippen molar-refractivity contribution in [3.8, 4) is 0 Å². The Kier molecular flexibility index (Phi) is 2.11. The van der Waals surface area contributed by atoms with E-state index >= 15 is 0 Å². The van der Waals surface area contributed by atoms with Crippen LogP contribution in [-0.4, -0.2) is 23.3 Å². The molecule has 1 aliphatic heterocycles. The van der Waals surface area contributed by atoms with Gasteiger partial charge in [-0.3, -0.25) is 0 Å². The summed E-state index contributed by atoms with van der Waals surface area (Å²) in [6.45, 7) is 4.46. The van der Waals surface area contributed by atoms with Crippen LogP contribution in [0.3, 0.4) is 0 Å². The van der Waals surface area contributed by atoms with E-state index in [1.54, 1.807) is 0 Å². The fourth-order valence-electron chi connectivity index (χ4n) is 3.02. The highest BCUT2D eigenvalue weighted by molar-refractivity contribution is 5.13. The van der Waals surface area contributed by atoms with Gasteiger partial charge < -0.3 is 10.0 Å². The van der Waals surface area contributed by atoms with Crippen molar-refractivity contribution >= 4 is 0 Å². The first kappa shape index (κ1) is 9.07. The number of allylic oxidation sites excluding steroid dienone is 1. The number of hydrogen-bond acceptors (Lipinski definition) is 2. The Morgan fingerprint density at radius 2 is 2.15 bits per heavy atom. The van der Waals surface area contributed by atoms with Crippen molar-refractivity contribution in [1.82, 2.24) is 4.90 Å². The monoisotopic (exact) mass is 181 g/mol. The molecular weight excluding hydrogens is 162 g/mol. The molecule has 0 amide bonds. The van der Waals surface area contributed by atoms with Crippen LogP contribution >= 0.6 is 0 Å². The smallest absolute Gasteiger partial charge is 0.129 e. The highest BCUT2D eigenvalue weighted by atomic mass is 16.3. The largest absolute Gasteiger partial charge is 0.373 e. The summed E-state index contributed by atoms with van der Waals surface area (Å²) in [5.41, 5.74) is 1.45. The van der Waals surface area contributed by atoms with Crippen LogP contribution in [0, 0.1) is 17.8 Å². The maximum absolute atomic E-state index is 10.0. The zero-order chi connectivity index (χ0) is 9.59. The van der Waals surface area contributed by atoms with E-state index in [9.17, 15) is 5.11 Å². The molecule has 0 saturated heterocycles. The topological polar surface area (TPSA) is 23.5 Å². The summed E-state index contributed by atoms with van der Waals surface area (Å²) in [7, 11) is 1.97. The maximum atomic E-state index is 10.0. The molecule has 2 nitrogen and oxygen atoms in total. The molecule has 2 rings (SSSR count). The molecule has 13 heavy (non-hydrogen) atoms. The normalized spacial score (nSPS) is 44.6. The standard InChI is InChI=1S/C11H19NO/c1-7-4-5-9-8(2)6-12(3)11(13)10(7)9/h6-7,9-11,13H,4-5H2,1-3H3/t7-,9+,10+,11-/m0/s1. The molecule has 1 saturated carbocycles. The summed E-state index contributed by atoms with van der Waals surface area (Å²) >= 11 is 0. The first-order valence-electron chi connectivity index (χ1n) is 5.19. The van der Waals surface area contributed by atoms with Gasteiger partial charge >= 0.3 is 0 Å². The first-order chi connectivity index (χ1) is 6.11. The molecule has 0 spiro atoms. The third kappa shape index (κ3) is 1.28. The SMILES string of the molecule is CC1=CN(C)[C@@H](O)[C@H]2[C@@H]1CC[C@@H]2C. The highest BCUT2D eigenvalue weighted by Crippen LogP contribution is 2.45. The Morgan fingerprint density at radius 1 is 1.46 bits per heavy atom. The summed E-state index contributed by atoms with van der Waals surface area (Å²) in [6, 6.07) is 0. The molecule has 0 radical (unpaired) electrons. The predicted octanol–water partition coefficient (Wildman–Crippen LogP) is 1.82. The van der Waals surface area contributed by atoms with Crippen molar-refractivity contribution in [2.45, 2.75) is 32.9 Å². The van der Waals surface area contributed by atoms with Crippen LogP contribution in [-0.2, 0) is 0 Å². The molecular formula is C11H19NO. The van der Waals surface area contributed by atoms with Crippen LogP contribution in [0.5, 0.6) is 0 Å². The third-order valence-electron chi connectivity index (χ3n) is 3.81. The van der Waals surface area contributed by atoms with Crippen LogP contribution in [0.1, 0.15) is 26.7 Å². The zero-order valence-electron chi connectivity index (χ0n) is 8.70. The van der Waals surface area contributed by atoms with Gasteiger partial charge in [0.05, 0.1) is 0 Å². The Bertz CT molecular complexity index is 236. The van der Waals surface area contributed by atoms with Crippen molar-refractivity contribution < 1.29 is 5.11 Å². The van der Waals surface area contributed by atoms with E-state index < -0.39 is 0 Å². The van der Waals surface area contributed by atoms with Crippen molar-refractivity contribution in [1.29, 1.82) is 0 Å². The molecule has 1 fully saturated rings. The average molecular weight is 181 g/mol. The molecule has 0 aromatic carbocycles. The van der Waals surface area contributed by atoms with Crippen molar-refractivity contribution in [2.75, 3.05) is 7.05 Å². The molecule has 1 heterocycles. The molecule has 4 atom stereocenters. The van der Waals surface area contributed by atoms with E-state index in [-0.39, 0.29) is 6.23 Å². The van der Waals surface area contributed by atoms with E-state index in [1.165, 1.54) is 18.4 Å². The summed E-state index contributed by atoms with van der Waals surface area (Å²) < 4.78 is 0. The van der Waals surface area contributed by atoms with Crippen LogP contribution in [0.15, 0.2) is 11.8 Å². The lowest BCUT2D eigenvalue weighted by molar-refractivity contribution is -0.0323. The number of nitrogens with zero attached hydrogens (tertiary/aromatic N) is 1. The van der Waals surface area contributed by atoms with Gasteiger partial charge in [0.15, 0.2) is 0 Å². The molecule has 0 bridgehead atoms. The molecule has 1 N–H and O–H groups in total.